The number of aryl methyl sites for hydroxylation is 1. The lowest BCUT2D eigenvalue weighted by Crippen LogP contribution is -2.40. The smallest absolute Gasteiger partial charge is 0.243 e. The minimum Gasteiger partial charge on any atom is -0.354 e. The summed E-state index contributed by atoms with van der Waals surface area (Å²) in [5, 5.41) is 4.42. The zero-order valence-corrected chi connectivity index (χ0v) is 26.9. The first-order valence-electron chi connectivity index (χ1n) is 13.7. The van der Waals surface area contributed by atoms with Gasteiger partial charge in [-0.05, 0) is 85.8 Å². The molecule has 5 rings (SSSR count). The molecule has 43 heavy (non-hydrogen) atoms. The molecule has 1 aliphatic heterocycles. The van der Waals surface area contributed by atoms with Crippen molar-refractivity contribution in [2.75, 3.05) is 18.4 Å². The van der Waals surface area contributed by atoms with E-state index in [2.05, 4.69) is 26.2 Å². The Kier molecular flexibility index (Phi) is 10.1. The second-order valence-electron chi connectivity index (χ2n) is 10.2. The van der Waals surface area contributed by atoms with Crippen molar-refractivity contribution in [3.05, 3.63) is 104 Å². The van der Waals surface area contributed by atoms with Gasteiger partial charge in [-0.3, -0.25) is 4.79 Å². The molecule has 1 aromatic heterocycles. The van der Waals surface area contributed by atoms with Gasteiger partial charge in [-0.2, -0.15) is 4.31 Å². The van der Waals surface area contributed by atoms with Crippen LogP contribution in [0.5, 0.6) is 0 Å². The molecule has 1 atom stereocenters. The summed E-state index contributed by atoms with van der Waals surface area (Å²) in [6, 6.07) is 18.8. The predicted molar refractivity (Wildman–Crippen MR) is 170 cm³/mol. The van der Waals surface area contributed by atoms with Crippen molar-refractivity contribution in [1.82, 2.24) is 14.3 Å². The van der Waals surface area contributed by atoms with Crippen LogP contribution in [-0.2, 0) is 27.7 Å². The zero-order valence-electron chi connectivity index (χ0n) is 22.9. The predicted octanol–water partition coefficient (Wildman–Crippen LogP) is 7.36. The van der Waals surface area contributed by atoms with E-state index in [0.717, 1.165) is 27.7 Å². The third-order valence-corrected chi connectivity index (χ3v) is 10.3. The molecule has 0 unspecified atom stereocenters. The van der Waals surface area contributed by atoms with Crippen LogP contribution < -0.4 is 5.32 Å². The molecule has 4 aromatic rings. The van der Waals surface area contributed by atoms with Gasteiger partial charge in [0.25, 0.3) is 0 Å². The van der Waals surface area contributed by atoms with Gasteiger partial charge in [0.15, 0.2) is 5.78 Å². The number of aromatic nitrogens is 2. The molecule has 224 valence electrons. The Labute approximate surface area is 268 Å². The fraction of sp³-hybridized carbons (Fsp3) is 0.258. The third kappa shape index (κ3) is 7.80. The lowest BCUT2D eigenvalue weighted by atomic mass is 10.0. The van der Waals surface area contributed by atoms with Crippen molar-refractivity contribution in [1.29, 1.82) is 0 Å². The van der Waals surface area contributed by atoms with Crippen molar-refractivity contribution in [3.8, 4) is 11.3 Å². The molecule has 12 heteroatoms. The number of nitrogens with one attached hydrogen (secondary N) is 1. The highest BCUT2D eigenvalue weighted by Crippen LogP contribution is 2.29. The number of nitrogens with zero attached hydrogens (tertiary/aromatic N) is 3. The molecule has 7 nitrogen and oxygen atoms in total. The number of ketones is 1. The highest BCUT2D eigenvalue weighted by atomic mass is 79.9. The maximum Gasteiger partial charge on any atom is 0.243 e. The number of carbonyl (C=O) groups is 1. The molecule has 0 aliphatic carbocycles. The van der Waals surface area contributed by atoms with Gasteiger partial charge < -0.3 is 5.32 Å². The van der Waals surface area contributed by atoms with Crippen LogP contribution in [0.4, 0.5) is 10.3 Å². The van der Waals surface area contributed by atoms with Crippen LogP contribution in [0, 0.1) is 5.82 Å². The fourth-order valence-corrected chi connectivity index (χ4v) is 7.46. The quantitative estimate of drug-likeness (QED) is 0.175. The number of rotatable bonds is 11. The highest BCUT2D eigenvalue weighted by Gasteiger charge is 2.39. The lowest BCUT2D eigenvalue weighted by Gasteiger charge is -2.23. The fourth-order valence-electron chi connectivity index (χ4n) is 5.02. The Morgan fingerprint density at radius 3 is 2.47 bits per heavy atom. The molecule has 1 N–H and O–H groups in total. The standard InChI is InChI=1S/C31H28BrCl2FN4O3S/c32-22-6-3-21(4-7-22)28-19-25(37-31(38-28)36-16-15-20-5-8-23(33)18-27(20)34)11-14-30(40)29-2-1-17-39(29)43(41,42)26-12-9-24(35)10-13-26/h3-10,12-13,18-19,29H,1-2,11,14-17H2,(H,36,37,38)/t29-/m0/s1. The van der Waals surface area contributed by atoms with Crippen molar-refractivity contribution >= 4 is 60.9 Å². The van der Waals surface area contributed by atoms with E-state index in [0.29, 0.717) is 59.6 Å². The number of hydrogen-bond donors (Lipinski definition) is 1. The lowest BCUT2D eigenvalue weighted by molar-refractivity contribution is -0.122. The van der Waals surface area contributed by atoms with E-state index in [4.69, 9.17) is 28.2 Å². The summed E-state index contributed by atoms with van der Waals surface area (Å²) in [5.41, 5.74) is 3.16. The summed E-state index contributed by atoms with van der Waals surface area (Å²) in [6.45, 7) is 0.755. The van der Waals surface area contributed by atoms with Crippen LogP contribution in [0.2, 0.25) is 10.0 Å². The van der Waals surface area contributed by atoms with Crippen molar-refractivity contribution in [2.45, 2.75) is 43.0 Å². The van der Waals surface area contributed by atoms with Gasteiger partial charge in [0, 0.05) is 45.3 Å². The molecule has 1 aliphatic rings. The summed E-state index contributed by atoms with van der Waals surface area (Å²) >= 11 is 15.8. The van der Waals surface area contributed by atoms with Crippen molar-refractivity contribution < 1.29 is 17.6 Å². The number of Topliss-reactive ketones (excluding diaryl/α,β-unsaturated/α-hetero) is 1. The van der Waals surface area contributed by atoms with Gasteiger partial charge in [0.2, 0.25) is 16.0 Å². The molecule has 3 aromatic carbocycles. The van der Waals surface area contributed by atoms with Gasteiger partial charge in [-0.1, -0.05) is 57.3 Å². The molecule has 0 amide bonds. The SMILES string of the molecule is O=C(CCc1cc(-c2ccc(Br)cc2)nc(NCCc2ccc(Cl)cc2Cl)n1)[C@@H]1CCCN1S(=O)(=O)c1ccc(F)cc1. The maximum atomic E-state index is 13.4. The normalized spacial score (nSPS) is 15.5. The molecular weight excluding hydrogens is 678 g/mol. The van der Waals surface area contributed by atoms with E-state index >= 15 is 0 Å². The maximum absolute atomic E-state index is 13.4. The highest BCUT2D eigenvalue weighted by molar-refractivity contribution is 9.10. The minimum atomic E-state index is -3.93. The monoisotopic (exact) mass is 704 g/mol. The summed E-state index contributed by atoms with van der Waals surface area (Å²) in [4.78, 5) is 22.7. The number of carbonyl (C=O) groups excluding carboxylic acids is 1. The molecule has 2 heterocycles. The summed E-state index contributed by atoms with van der Waals surface area (Å²) in [5.74, 6) is -0.295. The number of hydrogen-bond acceptors (Lipinski definition) is 6. The number of benzene rings is 3. The van der Waals surface area contributed by atoms with Crippen molar-refractivity contribution in [2.24, 2.45) is 0 Å². The van der Waals surface area contributed by atoms with Gasteiger partial charge in [-0.15, -0.1) is 0 Å². The Hall–Kier alpha value is -2.89. The minimum absolute atomic E-state index is 0.0286. The molecule has 0 bridgehead atoms. The summed E-state index contributed by atoms with van der Waals surface area (Å²) in [7, 11) is -3.93. The van der Waals surface area contributed by atoms with Crippen LogP contribution in [0.15, 0.2) is 82.2 Å². The molecule has 0 saturated carbocycles. The van der Waals surface area contributed by atoms with Crippen LogP contribution in [0.3, 0.4) is 0 Å². The van der Waals surface area contributed by atoms with E-state index in [9.17, 15) is 17.6 Å². The average Bonchev–Trinajstić information content (AvgIpc) is 3.49. The topological polar surface area (TPSA) is 92.3 Å². The van der Waals surface area contributed by atoms with Gasteiger partial charge >= 0.3 is 0 Å². The molecule has 1 fully saturated rings. The number of anilines is 1. The molecule has 0 spiro atoms. The first-order chi connectivity index (χ1) is 20.6. The first kappa shape index (κ1) is 31.5. The van der Waals surface area contributed by atoms with Crippen LogP contribution >= 0.6 is 39.1 Å². The summed E-state index contributed by atoms with van der Waals surface area (Å²) < 4.78 is 42.1. The van der Waals surface area contributed by atoms with Gasteiger partial charge in [0.05, 0.1) is 16.6 Å². The van der Waals surface area contributed by atoms with E-state index in [1.165, 1.54) is 16.4 Å². The zero-order chi connectivity index (χ0) is 30.6. The average molecular weight is 706 g/mol. The second-order valence-corrected chi connectivity index (χ2v) is 13.8. The van der Waals surface area contributed by atoms with E-state index in [-0.39, 0.29) is 23.6 Å². The van der Waals surface area contributed by atoms with E-state index in [1.807, 2.05) is 36.4 Å². The van der Waals surface area contributed by atoms with Crippen molar-refractivity contribution in [3.63, 3.8) is 0 Å². The Morgan fingerprint density at radius 1 is 1.00 bits per heavy atom. The largest absolute Gasteiger partial charge is 0.354 e. The number of halogens is 4. The van der Waals surface area contributed by atoms with Gasteiger partial charge in [0.1, 0.15) is 5.82 Å². The third-order valence-electron chi connectivity index (χ3n) is 7.23. The van der Waals surface area contributed by atoms with E-state index < -0.39 is 21.9 Å². The molecule has 1 saturated heterocycles. The van der Waals surface area contributed by atoms with Gasteiger partial charge in [-0.25, -0.2) is 22.8 Å². The van der Waals surface area contributed by atoms with Crippen LogP contribution in [0.25, 0.3) is 11.3 Å². The van der Waals surface area contributed by atoms with E-state index in [1.54, 1.807) is 12.1 Å². The molecule has 0 radical (unpaired) electrons. The second kappa shape index (κ2) is 13.8. The van der Waals surface area contributed by atoms with Crippen LogP contribution in [0.1, 0.15) is 30.5 Å². The number of sulfonamides is 1. The Balaban J connectivity index is 1.31. The first-order valence-corrected chi connectivity index (χ1v) is 16.7. The summed E-state index contributed by atoms with van der Waals surface area (Å²) in [6.07, 6.45) is 2.05. The Morgan fingerprint density at radius 2 is 1.74 bits per heavy atom. The Bertz CT molecular complexity index is 1720. The molecular formula is C31H28BrCl2FN4O3S. The van der Waals surface area contributed by atoms with Crippen LogP contribution in [-0.4, -0.2) is 47.6 Å².